The van der Waals surface area contributed by atoms with Crippen molar-refractivity contribution in [2.24, 2.45) is 0 Å². The first-order chi connectivity index (χ1) is 14.4. The molecule has 0 radical (unpaired) electrons. The minimum absolute atomic E-state index is 0.0149. The molecule has 10 heteroatoms. The summed E-state index contributed by atoms with van der Waals surface area (Å²) in [5, 5.41) is 0.0344. The normalized spacial score (nSPS) is 11.4. The van der Waals surface area contributed by atoms with E-state index in [1.165, 1.54) is 18.2 Å². The van der Waals surface area contributed by atoms with E-state index in [-0.39, 0.29) is 33.2 Å². The predicted octanol–water partition coefficient (Wildman–Crippen LogP) is 4.71. The smallest absolute Gasteiger partial charge is 0.264 e. The van der Waals surface area contributed by atoms with Crippen molar-refractivity contribution in [2.75, 3.05) is 4.72 Å². The summed E-state index contributed by atoms with van der Waals surface area (Å²) in [5.74, 6) is -0.0539. The van der Waals surface area contributed by atoms with Crippen LogP contribution >= 0.6 is 23.2 Å². The van der Waals surface area contributed by atoms with Gasteiger partial charge in [0.05, 0.1) is 26.8 Å². The molecule has 0 bridgehead atoms. The monoisotopic (exact) mass is 460 g/mol. The van der Waals surface area contributed by atoms with E-state index in [0.717, 1.165) is 0 Å². The Morgan fingerprint density at radius 1 is 0.900 bits per heavy atom. The van der Waals surface area contributed by atoms with Gasteiger partial charge in [-0.2, -0.15) is 0 Å². The molecule has 0 spiro atoms. The van der Waals surface area contributed by atoms with Gasteiger partial charge in [0.1, 0.15) is 11.5 Å². The third kappa shape index (κ3) is 4.30. The van der Waals surface area contributed by atoms with Crippen LogP contribution in [0.4, 0.5) is 5.82 Å². The lowest BCUT2D eigenvalue weighted by Crippen LogP contribution is -2.16. The molecule has 4 aromatic rings. The molecule has 152 valence electrons. The molecule has 0 aliphatic carbocycles. The van der Waals surface area contributed by atoms with Crippen LogP contribution in [0.1, 0.15) is 5.69 Å². The standard InChI is InChI=1S/C20H14Cl2N4O3S/c21-14-7-5-10-17(18(14)22)30(27,28)26-19-20(29-12-13-6-3-4-11-23-13)25-16-9-2-1-8-15(16)24-19/h1-11H,12H2,(H,24,26). The minimum atomic E-state index is -4.11. The fourth-order valence-corrected chi connectivity index (χ4v) is 4.41. The molecule has 0 aliphatic rings. The molecule has 0 fully saturated rings. The van der Waals surface area contributed by atoms with Crippen LogP contribution in [0.25, 0.3) is 11.0 Å². The van der Waals surface area contributed by atoms with Crippen molar-refractivity contribution < 1.29 is 13.2 Å². The Hall–Kier alpha value is -2.94. The lowest BCUT2D eigenvalue weighted by molar-refractivity contribution is 0.291. The van der Waals surface area contributed by atoms with E-state index >= 15 is 0 Å². The molecular weight excluding hydrogens is 447 g/mol. The van der Waals surface area contributed by atoms with Gasteiger partial charge in [-0.05, 0) is 36.4 Å². The fraction of sp³-hybridized carbons (Fsp3) is 0.0500. The number of aromatic nitrogens is 3. The lowest BCUT2D eigenvalue weighted by Gasteiger charge is -2.14. The second-order valence-corrected chi connectivity index (χ2v) is 8.57. The number of halogens is 2. The Kier molecular flexibility index (Phi) is 5.72. The average Bonchev–Trinajstić information content (AvgIpc) is 2.74. The largest absolute Gasteiger partial charge is 0.469 e. The maximum atomic E-state index is 12.9. The molecule has 30 heavy (non-hydrogen) atoms. The lowest BCUT2D eigenvalue weighted by atomic mass is 10.3. The Bertz CT molecular complexity index is 1320. The van der Waals surface area contributed by atoms with Gasteiger partial charge >= 0.3 is 0 Å². The van der Waals surface area contributed by atoms with E-state index in [0.29, 0.717) is 16.7 Å². The van der Waals surface area contributed by atoms with Gasteiger partial charge in [0.25, 0.3) is 15.9 Å². The second kappa shape index (κ2) is 8.43. The van der Waals surface area contributed by atoms with Gasteiger partial charge in [-0.15, -0.1) is 0 Å². The van der Waals surface area contributed by atoms with E-state index in [4.69, 9.17) is 27.9 Å². The SMILES string of the molecule is O=S(=O)(Nc1nc2ccccc2nc1OCc1ccccn1)c1cccc(Cl)c1Cl. The molecule has 0 amide bonds. The molecule has 1 N–H and O–H groups in total. The van der Waals surface area contributed by atoms with Gasteiger partial charge in [-0.3, -0.25) is 9.71 Å². The molecule has 2 heterocycles. The van der Waals surface area contributed by atoms with Crippen molar-refractivity contribution in [2.45, 2.75) is 11.5 Å². The molecule has 7 nitrogen and oxygen atoms in total. The summed E-state index contributed by atoms with van der Waals surface area (Å²) >= 11 is 12.1. The number of rotatable bonds is 6. The summed E-state index contributed by atoms with van der Waals surface area (Å²) in [6.45, 7) is 0.0838. The zero-order chi connectivity index (χ0) is 21.1. The average molecular weight is 461 g/mol. The molecule has 0 saturated carbocycles. The third-order valence-corrected chi connectivity index (χ3v) is 6.37. The number of nitrogens with one attached hydrogen (secondary N) is 1. The van der Waals surface area contributed by atoms with Crippen molar-refractivity contribution in [3.8, 4) is 5.88 Å². The summed E-state index contributed by atoms with van der Waals surface area (Å²) in [6, 6.07) is 16.8. The van der Waals surface area contributed by atoms with E-state index < -0.39 is 10.0 Å². The maximum absolute atomic E-state index is 12.9. The first-order valence-corrected chi connectivity index (χ1v) is 10.9. The van der Waals surface area contributed by atoms with Crippen LogP contribution in [0.2, 0.25) is 10.0 Å². The number of sulfonamides is 1. The summed E-state index contributed by atoms with van der Waals surface area (Å²) in [7, 11) is -4.11. The zero-order valence-corrected chi connectivity index (χ0v) is 17.6. The molecule has 2 aromatic heterocycles. The Balaban J connectivity index is 1.73. The van der Waals surface area contributed by atoms with Gasteiger partial charge < -0.3 is 4.74 Å². The number of ether oxygens (including phenoxy) is 1. The summed E-state index contributed by atoms with van der Waals surface area (Å²) in [4.78, 5) is 12.8. The quantitative estimate of drug-likeness (QED) is 0.447. The summed E-state index contributed by atoms with van der Waals surface area (Å²) < 4.78 is 34.0. The maximum Gasteiger partial charge on any atom is 0.264 e. The van der Waals surface area contributed by atoms with Gasteiger partial charge in [0.2, 0.25) is 5.82 Å². The predicted molar refractivity (Wildman–Crippen MR) is 115 cm³/mol. The fourth-order valence-electron chi connectivity index (χ4n) is 2.65. The van der Waals surface area contributed by atoms with E-state index in [2.05, 4.69) is 19.7 Å². The van der Waals surface area contributed by atoms with Gasteiger partial charge in [0.15, 0.2) is 0 Å². The molecule has 2 aromatic carbocycles. The van der Waals surface area contributed by atoms with E-state index in [1.807, 2.05) is 6.07 Å². The van der Waals surface area contributed by atoms with Crippen LogP contribution < -0.4 is 9.46 Å². The van der Waals surface area contributed by atoms with Crippen molar-refractivity contribution in [3.63, 3.8) is 0 Å². The number of hydrogen-bond acceptors (Lipinski definition) is 6. The molecule has 0 aliphatic heterocycles. The first-order valence-electron chi connectivity index (χ1n) is 8.70. The zero-order valence-electron chi connectivity index (χ0n) is 15.3. The number of para-hydroxylation sites is 2. The van der Waals surface area contributed by atoms with Crippen molar-refractivity contribution in [1.29, 1.82) is 0 Å². The summed E-state index contributed by atoms with van der Waals surface area (Å²) in [6.07, 6.45) is 1.63. The van der Waals surface area contributed by atoms with Crippen LogP contribution in [0.15, 0.2) is 71.8 Å². The molecular formula is C20H14Cl2N4O3S. The van der Waals surface area contributed by atoms with Crippen LogP contribution in [-0.2, 0) is 16.6 Å². The van der Waals surface area contributed by atoms with Crippen molar-refractivity contribution in [1.82, 2.24) is 15.0 Å². The van der Waals surface area contributed by atoms with Crippen LogP contribution in [0.3, 0.4) is 0 Å². The van der Waals surface area contributed by atoms with E-state index in [9.17, 15) is 8.42 Å². The van der Waals surface area contributed by atoms with Crippen molar-refractivity contribution in [3.05, 3.63) is 82.6 Å². The number of benzene rings is 2. The number of hydrogen-bond donors (Lipinski definition) is 1. The highest BCUT2D eigenvalue weighted by Gasteiger charge is 2.23. The molecule has 4 rings (SSSR count). The van der Waals surface area contributed by atoms with Gasteiger partial charge in [0, 0.05) is 6.20 Å². The Labute approximate surface area is 182 Å². The number of fused-ring (bicyclic) bond motifs is 1. The number of nitrogens with zero attached hydrogens (tertiary/aromatic N) is 3. The number of anilines is 1. The third-order valence-electron chi connectivity index (χ3n) is 4.06. The minimum Gasteiger partial charge on any atom is -0.469 e. The first kappa shape index (κ1) is 20.3. The van der Waals surface area contributed by atoms with Crippen LogP contribution in [-0.4, -0.2) is 23.4 Å². The van der Waals surface area contributed by atoms with Crippen LogP contribution in [0, 0.1) is 0 Å². The highest BCUT2D eigenvalue weighted by Crippen LogP contribution is 2.32. The number of pyridine rings is 1. The Morgan fingerprint density at radius 3 is 2.37 bits per heavy atom. The highest BCUT2D eigenvalue weighted by molar-refractivity contribution is 7.92. The van der Waals surface area contributed by atoms with Gasteiger partial charge in [-0.1, -0.05) is 47.5 Å². The van der Waals surface area contributed by atoms with E-state index in [1.54, 1.807) is 42.6 Å². The molecule has 0 atom stereocenters. The van der Waals surface area contributed by atoms with Gasteiger partial charge in [-0.25, -0.2) is 18.4 Å². The Morgan fingerprint density at radius 2 is 1.63 bits per heavy atom. The van der Waals surface area contributed by atoms with Crippen LogP contribution in [0.5, 0.6) is 5.88 Å². The molecule has 0 saturated heterocycles. The second-order valence-electron chi connectivity index (χ2n) is 6.13. The molecule has 0 unspecified atom stereocenters. The summed E-state index contributed by atoms with van der Waals surface area (Å²) in [5.41, 5.74) is 1.70. The highest BCUT2D eigenvalue weighted by atomic mass is 35.5. The topological polar surface area (TPSA) is 94.1 Å². The van der Waals surface area contributed by atoms with Crippen molar-refractivity contribution >= 4 is 50.1 Å².